The van der Waals surface area contributed by atoms with E-state index < -0.39 is 6.09 Å². The van der Waals surface area contributed by atoms with Crippen molar-refractivity contribution in [1.29, 1.82) is 0 Å². The number of nitrogen functional groups attached to an aromatic ring is 1. The van der Waals surface area contributed by atoms with Gasteiger partial charge in [0.2, 0.25) is 0 Å². The summed E-state index contributed by atoms with van der Waals surface area (Å²) in [7, 11) is 0. The van der Waals surface area contributed by atoms with Gasteiger partial charge < -0.3 is 16.2 Å². The van der Waals surface area contributed by atoms with E-state index in [0.717, 1.165) is 24.9 Å². The first kappa shape index (κ1) is 9.83. The Hall–Kier alpha value is -1.71. The molecule has 2 rings (SSSR count). The zero-order valence-corrected chi connectivity index (χ0v) is 8.36. The lowest BCUT2D eigenvalue weighted by Gasteiger charge is -2.24. The van der Waals surface area contributed by atoms with Gasteiger partial charge in [0.1, 0.15) is 0 Å². The number of nitrogens with one attached hydrogen (secondary N) is 1. The number of fused-ring (bicyclic) bond motifs is 1. The number of hydrogen-bond donors (Lipinski definition) is 3. The minimum absolute atomic E-state index is 0.0404. The Kier molecular flexibility index (Phi) is 2.49. The van der Waals surface area contributed by atoms with Gasteiger partial charge in [0, 0.05) is 11.7 Å². The van der Waals surface area contributed by atoms with Gasteiger partial charge in [0.05, 0.1) is 0 Å². The molecule has 1 aliphatic carbocycles. The molecule has 1 unspecified atom stereocenters. The van der Waals surface area contributed by atoms with Crippen molar-refractivity contribution >= 4 is 11.8 Å². The molecule has 1 atom stereocenters. The molecule has 0 saturated heterocycles. The predicted molar refractivity (Wildman–Crippen MR) is 57.8 cm³/mol. The fourth-order valence-electron chi connectivity index (χ4n) is 2.07. The minimum Gasteiger partial charge on any atom is -0.465 e. The standard InChI is InChI=1S/C11H14N2O2/c12-9-3-1-8-6-10(13-11(14)15)4-2-7(8)5-9/h1,3,5,10,13H,2,4,6,12H2,(H,14,15). The Bertz CT molecular complexity index is 390. The van der Waals surface area contributed by atoms with Gasteiger partial charge >= 0.3 is 6.09 Å². The third kappa shape index (κ3) is 2.21. The monoisotopic (exact) mass is 206 g/mol. The third-order valence-corrected chi connectivity index (χ3v) is 2.79. The molecule has 80 valence electrons. The maximum absolute atomic E-state index is 10.5. The zero-order chi connectivity index (χ0) is 10.8. The molecule has 1 aromatic rings. The Morgan fingerprint density at radius 3 is 3.00 bits per heavy atom. The number of carbonyl (C=O) groups is 1. The highest BCUT2D eigenvalue weighted by atomic mass is 16.4. The molecule has 4 nitrogen and oxygen atoms in total. The van der Waals surface area contributed by atoms with Crippen LogP contribution < -0.4 is 11.1 Å². The second-order valence-corrected chi connectivity index (χ2v) is 3.92. The SMILES string of the molecule is Nc1ccc2c(c1)CCC(NC(=O)O)C2. The highest BCUT2D eigenvalue weighted by Gasteiger charge is 2.19. The first-order valence-electron chi connectivity index (χ1n) is 5.02. The van der Waals surface area contributed by atoms with Gasteiger partial charge in [0.15, 0.2) is 0 Å². The summed E-state index contributed by atoms with van der Waals surface area (Å²) in [5.41, 5.74) is 8.92. The molecule has 0 fully saturated rings. The molecular formula is C11H14N2O2. The van der Waals surface area contributed by atoms with Crippen LogP contribution in [0.3, 0.4) is 0 Å². The van der Waals surface area contributed by atoms with Crippen LogP contribution in [0.5, 0.6) is 0 Å². The molecule has 0 aromatic heterocycles. The molecule has 0 saturated carbocycles. The van der Waals surface area contributed by atoms with Crippen LogP contribution in [0.4, 0.5) is 10.5 Å². The lowest BCUT2D eigenvalue weighted by atomic mass is 9.88. The van der Waals surface area contributed by atoms with Gasteiger partial charge in [-0.05, 0) is 42.5 Å². The van der Waals surface area contributed by atoms with Crippen molar-refractivity contribution in [2.75, 3.05) is 5.73 Å². The van der Waals surface area contributed by atoms with E-state index in [9.17, 15) is 4.79 Å². The molecular weight excluding hydrogens is 192 g/mol. The molecule has 0 spiro atoms. The number of hydrogen-bond acceptors (Lipinski definition) is 2. The van der Waals surface area contributed by atoms with Gasteiger partial charge in [-0.3, -0.25) is 0 Å². The summed E-state index contributed by atoms with van der Waals surface area (Å²) >= 11 is 0. The van der Waals surface area contributed by atoms with E-state index >= 15 is 0 Å². The summed E-state index contributed by atoms with van der Waals surface area (Å²) in [6.07, 6.45) is 1.56. The van der Waals surface area contributed by atoms with Crippen LogP contribution in [0.15, 0.2) is 18.2 Å². The average molecular weight is 206 g/mol. The van der Waals surface area contributed by atoms with Crippen molar-refractivity contribution in [2.45, 2.75) is 25.3 Å². The topological polar surface area (TPSA) is 75.3 Å². The Balaban J connectivity index is 2.13. The largest absolute Gasteiger partial charge is 0.465 e. The number of amides is 1. The van der Waals surface area contributed by atoms with Gasteiger partial charge in [-0.15, -0.1) is 0 Å². The van der Waals surface area contributed by atoms with Gasteiger partial charge in [-0.1, -0.05) is 6.07 Å². The van der Waals surface area contributed by atoms with Gasteiger partial charge in [-0.25, -0.2) is 4.79 Å². The normalized spacial score (nSPS) is 19.3. The summed E-state index contributed by atoms with van der Waals surface area (Å²) in [4.78, 5) is 10.5. The molecule has 4 heteroatoms. The van der Waals surface area contributed by atoms with E-state index in [-0.39, 0.29) is 6.04 Å². The van der Waals surface area contributed by atoms with Crippen molar-refractivity contribution < 1.29 is 9.90 Å². The fraction of sp³-hybridized carbons (Fsp3) is 0.364. The Morgan fingerprint density at radius 2 is 2.27 bits per heavy atom. The fourth-order valence-corrected chi connectivity index (χ4v) is 2.07. The van der Waals surface area contributed by atoms with Crippen LogP contribution in [0, 0.1) is 0 Å². The summed E-state index contributed by atoms with van der Waals surface area (Å²) < 4.78 is 0. The van der Waals surface area contributed by atoms with E-state index in [1.807, 2.05) is 18.2 Å². The average Bonchev–Trinajstić information content (AvgIpc) is 2.17. The van der Waals surface area contributed by atoms with Crippen LogP contribution in [-0.2, 0) is 12.8 Å². The summed E-state index contributed by atoms with van der Waals surface area (Å²) in [5, 5.41) is 11.1. The maximum atomic E-state index is 10.5. The molecule has 1 aliphatic rings. The highest BCUT2D eigenvalue weighted by molar-refractivity contribution is 5.65. The lowest BCUT2D eigenvalue weighted by molar-refractivity contribution is 0.188. The van der Waals surface area contributed by atoms with Crippen LogP contribution in [0.2, 0.25) is 0 Å². The number of anilines is 1. The second kappa shape index (κ2) is 3.81. The number of aryl methyl sites for hydroxylation is 1. The van der Waals surface area contributed by atoms with E-state index in [1.54, 1.807) is 0 Å². The first-order chi connectivity index (χ1) is 7.15. The third-order valence-electron chi connectivity index (χ3n) is 2.79. The molecule has 4 N–H and O–H groups in total. The smallest absolute Gasteiger partial charge is 0.404 e. The maximum Gasteiger partial charge on any atom is 0.404 e. The van der Waals surface area contributed by atoms with Crippen molar-refractivity contribution in [2.24, 2.45) is 0 Å². The summed E-state index contributed by atoms with van der Waals surface area (Å²) in [6, 6.07) is 5.87. The van der Waals surface area contributed by atoms with Crippen molar-refractivity contribution in [1.82, 2.24) is 5.32 Å². The summed E-state index contributed by atoms with van der Waals surface area (Å²) in [6.45, 7) is 0. The van der Waals surface area contributed by atoms with E-state index in [2.05, 4.69) is 5.32 Å². The van der Waals surface area contributed by atoms with E-state index in [0.29, 0.717) is 0 Å². The Morgan fingerprint density at radius 1 is 1.47 bits per heavy atom. The number of benzene rings is 1. The number of carboxylic acid groups (broad SMARTS) is 1. The number of rotatable bonds is 1. The summed E-state index contributed by atoms with van der Waals surface area (Å²) in [5.74, 6) is 0. The first-order valence-corrected chi connectivity index (χ1v) is 5.02. The predicted octanol–water partition coefficient (Wildman–Crippen LogP) is 1.39. The van der Waals surface area contributed by atoms with Crippen LogP contribution in [0.25, 0.3) is 0 Å². The molecule has 0 heterocycles. The van der Waals surface area contributed by atoms with Crippen molar-refractivity contribution in [3.63, 3.8) is 0 Å². The number of nitrogens with two attached hydrogens (primary N) is 1. The van der Waals surface area contributed by atoms with Gasteiger partial charge in [0.25, 0.3) is 0 Å². The molecule has 1 amide bonds. The highest BCUT2D eigenvalue weighted by Crippen LogP contribution is 2.23. The van der Waals surface area contributed by atoms with E-state index in [1.165, 1.54) is 11.1 Å². The van der Waals surface area contributed by atoms with Crippen LogP contribution in [-0.4, -0.2) is 17.2 Å². The molecule has 0 aliphatic heterocycles. The van der Waals surface area contributed by atoms with Gasteiger partial charge in [-0.2, -0.15) is 0 Å². The zero-order valence-electron chi connectivity index (χ0n) is 8.36. The molecule has 0 bridgehead atoms. The molecule has 1 aromatic carbocycles. The Labute approximate surface area is 88.1 Å². The van der Waals surface area contributed by atoms with Crippen LogP contribution >= 0.6 is 0 Å². The lowest BCUT2D eigenvalue weighted by Crippen LogP contribution is -2.37. The molecule has 0 radical (unpaired) electrons. The quantitative estimate of drug-likeness (QED) is 0.608. The van der Waals surface area contributed by atoms with Crippen LogP contribution in [0.1, 0.15) is 17.5 Å². The minimum atomic E-state index is -0.945. The second-order valence-electron chi connectivity index (χ2n) is 3.92. The van der Waals surface area contributed by atoms with E-state index in [4.69, 9.17) is 10.8 Å². The van der Waals surface area contributed by atoms with Crippen molar-refractivity contribution in [3.05, 3.63) is 29.3 Å². The molecule has 15 heavy (non-hydrogen) atoms. The van der Waals surface area contributed by atoms with Crippen molar-refractivity contribution in [3.8, 4) is 0 Å².